The van der Waals surface area contributed by atoms with Gasteiger partial charge in [0.15, 0.2) is 0 Å². The van der Waals surface area contributed by atoms with Crippen LogP contribution < -0.4 is 0 Å². The number of imidazole rings is 1. The van der Waals surface area contributed by atoms with Gasteiger partial charge in [0.1, 0.15) is 5.82 Å². The first kappa shape index (κ1) is 10.2. The summed E-state index contributed by atoms with van der Waals surface area (Å²) in [4.78, 5) is 7.38. The Morgan fingerprint density at radius 2 is 2.20 bits per heavy atom. The first-order chi connectivity index (χ1) is 7.18. The minimum absolute atomic E-state index is 0.274. The highest BCUT2D eigenvalue weighted by Crippen LogP contribution is 2.25. The molecule has 0 saturated heterocycles. The van der Waals surface area contributed by atoms with Gasteiger partial charge in [-0.2, -0.15) is 0 Å². The minimum Gasteiger partial charge on any atom is -0.348 e. The third-order valence-electron chi connectivity index (χ3n) is 2.61. The van der Waals surface area contributed by atoms with E-state index in [1.807, 2.05) is 25.3 Å². The molecule has 1 aromatic heterocycles. The molecule has 0 amide bonds. The monoisotopic (exact) mass is 220 g/mol. The molecule has 0 spiro atoms. The van der Waals surface area contributed by atoms with Crippen LogP contribution in [0.5, 0.6) is 0 Å². The summed E-state index contributed by atoms with van der Waals surface area (Å²) in [7, 11) is 0. The Labute approximate surface area is 94.3 Å². The van der Waals surface area contributed by atoms with Crippen molar-refractivity contribution < 1.29 is 0 Å². The molecule has 78 valence electrons. The van der Waals surface area contributed by atoms with Crippen molar-refractivity contribution in [1.82, 2.24) is 9.97 Å². The van der Waals surface area contributed by atoms with E-state index in [4.69, 9.17) is 11.6 Å². The summed E-state index contributed by atoms with van der Waals surface area (Å²) in [6, 6.07) is 6.09. The number of aromatic nitrogens is 2. The van der Waals surface area contributed by atoms with Crippen LogP contribution in [0.2, 0.25) is 5.02 Å². The van der Waals surface area contributed by atoms with Gasteiger partial charge in [0.05, 0.1) is 0 Å². The molecule has 0 fully saturated rings. The predicted octanol–water partition coefficient (Wildman–Crippen LogP) is 3.52. The molecule has 1 atom stereocenters. The normalized spacial score (nSPS) is 12.7. The fraction of sp³-hybridized carbons (Fsp3) is 0.250. The molecule has 3 heteroatoms. The van der Waals surface area contributed by atoms with Crippen LogP contribution in [0.1, 0.15) is 29.8 Å². The van der Waals surface area contributed by atoms with Crippen molar-refractivity contribution in [1.29, 1.82) is 0 Å². The summed E-state index contributed by atoms with van der Waals surface area (Å²) < 4.78 is 0. The zero-order valence-electron chi connectivity index (χ0n) is 8.79. The van der Waals surface area contributed by atoms with Crippen molar-refractivity contribution >= 4 is 11.6 Å². The Morgan fingerprint density at radius 1 is 1.40 bits per heavy atom. The summed E-state index contributed by atoms with van der Waals surface area (Å²) in [6.45, 7) is 4.14. The second-order valence-electron chi connectivity index (χ2n) is 3.70. The smallest absolute Gasteiger partial charge is 0.113 e. The van der Waals surface area contributed by atoms with Gasteiger partial charge in [-0.1, -0.05) is 30.7 Å². The lowest BCUT2D eigenvalue weighted by atomic mass is 9.99. The lowest BCUT2D eigenvalue weighted by Crippen LogP contribution is -1.98. The maximum Gasteiger partial charge on any atom is 0.113 e. The first-order valence-electron chi connectivity index (χ1n) is 4.94. The van der Waals surface area contributed by atoms with Gasteiger partial charge in [0, 0.05) is 23.3 Å². The molecule has 15 heavy (non-hydrogen) atoms. The van der Waals surface area contributed by atoms with E-state index in [0.29, 0.717) is 0 Å². The Morgan fingerprint density at radius 3 is 2.80 bits per heavy atom. The Hall–Kier alpha value is -1.28. The fourth-order valence-corrected chi connectivity index (χ4v) is 1.73. The zero-order chi connectivity index (χ0) is 10.8. The molecule has 0 aliphatic rings. The molecule has 1 aromatic carbocycles. The topological polar surface area (TPSA) is 28.7 Å². The summed E-state index contributed by atoms with van der Waals surface area (Å²) in [5.74, 6) is 1.26. The largest absolute Gasteiger partial charge is 0.348 e. The van der Waals surface area contributed by atoms with E-state index >= 15 is 0 Å². The lowest BCUT2D eigenvalue weighted by molar-refractivity contribution is 0.839. The molecule has 2 aromatic rings. The third kappa shape index (κ3) is 2.05. The van der Waals surface area contributed by atoms with Gasteiger partial charge < -0.3 is 4.98 Å². The molecule has 1 N–H and O–H groups in total. The van der Waals surface area contributed by atoms with E-state index in [-0.39, 0.29) is 5.92 Å². The quantitative estimate of drug-likeness (QED) is 0.824. The van der Waals surface area contributed by atoms with Crippen LogP contribution in [0.25, 0.3) is 0 Å². The van der Waals surface area contributed by atoms with Crippen molar-refractivity contribution in [3.8, 4) is 0 Å². The number of nitrogens with zero attached hydrogens (tertiary/aromatic N) is 1. The molecular weight excluding hydrogens is 208 g/mol. The number of nitrogens with one attached hydrogen (secondary N) is 1. The number of hydrogen-bond acceptors (Lipinski definition) is 1. The van der Waals surface area contributed by atoms with Crippen LogP contribution in [0.15, 0.2) is 30.6 Å². The molecule has 0 aliphatic heterocycles. The highest BCUT2D eigenvalue weighted by Gasteiger charge is 2.11. The van der Waals surface area contributed by atoms with Crippen LogP contribution in [0.4, 0.5) is 0 Å². The molecule has 0 saturated carbocycles. The zero-order valence-corrected chi connectivity index (χ0v) is 9.55. The second kappa shape index (κ2) is 4.07. The lowest BCUT2D eigenvalue weighted by Gasteiger charge is -2.10. The maximum atomic E-state index is 5.99. The highest BCUT2D eigenvalue weighted by atomic mass is 35.5. The first-order valence-corrected chi connectivity index (χ1v) is 5.31. The molecule has 1 unspecified atom stereocenters. The standard InChI is InChI=1S/C12H13ClN2/c1-8-7-10(3-4-11(8)13)9(2)12-14-5-6-15-12/h3-7,9H,1-2H3,(H,14,15). The second-order valence-corrected chi connectivity index (χ2v) is 4.11. The van der Waals surface area contributed by atoms with Gasteiger partial charge in [-0.25, -0.2) is 4.98 Å². The van der Waals surface area contributed by atoms with Gasteiger partial charge in [-0.15, -0.1) is 0 Å². The number of aryl methyl sites for hydroxylation is 1. The SMILES string of the molecule is Cc1cc(C(C)c2ncc[nH]2)ccc1Cl. The third-order valence-corrected chi connectivity index (χ3v) is 3.04. The van der Waals surface area contributed by atoms with Crippen molar-refractivity contribution in [3.63, 3.8) is 0 Å². The van der Waals surface area contributed by atoms with E-state index in [0.717, 1.165) is 16.4 Å². The van der Waals surface area contributed by atoms with Crippen molar-refractivity contribution in [3.05, 3.63) is 52.6 Å². The summed E-state index contributed by atoms with van der Waals surface area (Å²) in [5, 5.41) is 0.811. The van der Waals surface area contributed by atoms with Gasteiger partial charge in [-0.05, 0) is 24.1 Å². The average molecular weight is 221 g/mol. The maximum absolute atomic E-state index is 5.99. The van der Waals surface area contributed by atoms with E-state index in [2.05, 4.69) is 23.0 Å². The van der Waals surface area contributed by atoms with E-state index < -0.39 is 0 Å². The van der Waals surface area contributed by atoms with E-state index in [9.17, 15) is 0 Å². The molecule has 1 heterocycles. The van der Waals surface area contributed by atoms with E-state index in [1.54, 1.807) is 6.20 Å². The summed E-state index contributed by atoms with van der Waals surface area (Å²) >= 11 is 5.99. The predicted molar refractivity (Wildman–Crippen MR) is 62.3 cm³/mol. The molecule has 2 rings (SSSR count). The van der Waals surface area contributed by atoms with Crippen LogP contribution in [0, 0.1) is 6.92 Å². The number of rotatable bonds is 2. The van der Waals surface area contributed by atoms with Crippen LogP contribution >= 0.6 is 11.6 Å². The van der Waals surface area contributed by atoms with Crippen molar-refractivity contribution in [2.24, 2.45) is 0 Å². The van der Waals surface area contributed by atoms with Crippen LogP contribution in [-0.2, 0) is 0 Å². The minimum atomic E-state index is 0.274. The summed E-state index contributed by atoms with van der Waals surface area (Å²) in [5.41, 5.74) is 2.33. The van der Waals surface area contributed by atoms with E-state index in [1.165, 1.54) is 5.56 Å². The Bertz CT molecular complexity index is 449. The number of aromatic amines is 1. The molecular formula is C12H13ClN2. The fourth-order valence-electron chi connectivity index (χ4n) is 1.61. The Kier molecular flexibility index (Phi) is 2.78. The van der Waals surface area contributed by atoms with Gasteiger partial charge in [0.2, 0.25) is 0 Å². The number of hydrogen-bond donors (Lipinski definition) is 1. The highest BCUT2D eigenvalue weighted by molar-refractivity contribution is 6.31. The van der Waals surface area contributed by atoms with Gasteiger partial charge in [0.25, 0.3) is 0 Å². The van der Waals surface area contributed by atoms with Crippen LogP contribution in [0.3, 0.4) is 0 Å². The van der Waals surface area contributed by atoms with Crippen molar-refractivity contribution in [2.45, 2.75) is 19.8 Å². The van der Waals surface area contributed by atoms with Crippen LogP contribution in [-0.4, -0.2) is 9.97 Å². The number of benzene rings is 1. The van der Waals surface area contributed by atoms with Gasteiger partial charge in [-0.3, -0.25) is 0 Å². The Balaban J connectivity index is 2.34. The number of H-pyrrole nitrogens is 1. The number of halogens is 1. The van der Waals surface area contributed by atoms with Gasteiger partial charge >= 0.3 is 0 Å². The molecule has 2 nitrogen and oxygen atoms in total. The van der Waals surface area contributed by atoms with Crippen molar-refractivity contribution in [2.75, 3.05) is 0 Å². The molecule has 0 radical (unpaired) electrons. The molecule has 0 aliphatic carbocycles. The average Bonchev–Trinajstić information content (AvgIpc) is 2.74. The summed E-state index contributed by atoms with van der Waals surface area (Å²) in [6.07, 6.45) is 3.61. The molecule has 0 bridgehead atoms.